The van der Waals surface area contributed by atoms with Gasteiger partial charge in [-0.1, -0.05) is 79.9 Å². The maximum atomic E-state index is 7.05. The fourth-order valence-electron chi connectivity index (χ4n) is 9.64. The fraction of sp³-hybridized carbons (Fsp3) is 0.0615. The Morgan fingerprint density at radius 1 is 0.500 bits per heavy atom. The van der Waals surface area contributed by atoms with Gasteiger partial charge in [-0.3, -0.25) is 24.9 Å². The standard InChI is InChI=1S/C57H40N6O.2C4H7N/c1-3-6-52-56(58)48-31-42(40-9-4-7-38(29-40)36-21-25-59-26-22-36)12-17-50(48)62(52)44-14-19-54-46(33-44)47-34-45(15-20-55(47)64-54)63-51-18-13-43(32-49(51)57-53(63)16-11-35(2)61-57)41-10-5-8-39(30-41)37-23-27-60-28-24-37;2*1-3-4-5-2/h3-34H,58H2,1-2H3;2*3-4H,1H2,2H3/b6-3-;;. The highest BCUT2D eigenvalue weighted by Gasteiger charge is 2.20. The lowest BCUT2D eigenvalue weighted by atomic mass is 9.98. The minimum absolute atomic E-state index is 0.736. The summed E-state index contributed by atoms with van der Waals surface area (Å²) in [6.45, 7) is 10.9. The lowest BCUT2D eigenvalue weighted by Crippen LogP contribution is -1.98. The van der Waals surface area contributed by atoms with E-state index in [4.69, 9.17) is 15.1 Å². The third-order valence-electron chi connectivity index (χ3n) is 13.0. The van der Waals surface area contributed by atoms with Gasteiger partial charge in [0.2, 0.25) is 0 Å². The third kappa shape index (κ3) is 9.33. The van der Waals surface area contributed by atoms with E-state index < -0.39 is 0 Å². The van der Waals surface area contributed by atoms with E-state index >= 15 is 0 Å². The summed E-state index contributed by atoms with van der Waals surface area (Å²) in [5.41, 5.74) is 26.6. The van der Waals surface area contributed by atoms with Crippen LogP contribution >= 0.6 is 0 Å². The van der Waals surface area contributed by atoms with Crippen LogP contribution in [0.5, 0.6) is 0 Å². The molecular weight excluding hydrogens is 909 g/mol. The van der Waals surface area contributed by atoms with Gasteiger partial charge in [-0.05, 0) is 174 Å². The average Bonchev–Trinajstić information content (AvgIpc) is 4.08. The summed E-state index contributed by atoms with van der Waals surface area (Å²) in [4.78, 5) is 20.7. The summed E-state index contributed by atoms with van der Waals surface area (Å²) in [6, 6.07) is 55.9. The molecule has 6 aromatic heterocycles. The molecule has 2 N–H and O–H groups in total. The van der Waals surface area contributed by atoms with Crippen LogP contribution in [0, 0.1) is 6.92 Å². The minimum Gasteiger partial charge on any atom is -0.456 e. The monoisotopic (exact) mass is 962 g/mol. The Morgan fingerprint density at radius 2 is 0.973 bits per heavy atom. The van der Waals surface area contributed by atoms with Crippen molar-refractivity contribution in [3.8, 4) is 55.9 Å². The predicted molar refractivity (Wildman–Crippen MR) is 313 cm³/mol. The lowest BCUT2D eigenvalue weighted by Gasteiger charge is -2.11. The maximum Gasteiger partial charge on any atom is 0.135 e. The van der Waals surface area contributed by atoms with E-state index in [-0.39, 0.29) is 0 Å². The molecule has 0 aliphatic heterocycles. The summed E-state index contributed by atoms with van der Waals surface area (Å²) in [5.74, 6) is 0. The summed E-state index contributed by atoms with van der Waals surface area (Å²) >= 11 is 0. The fourth-order valence-corrected chi connectivity index (χ4v) is 9.64. The zero-order valence-electron chi connectivity index (χ0n) is 41.8. The Labute approximate surface area is 430 Å². The van der Waals surface area contributed by atoms with E-state index in [1.54, 1.807) is 38.7 Å². The number of aliphatic imine (C=N–C) groups is 2. The molecule has 0 saturated carbocycles. The molecule has 0 fully saturated rings. The lowest BCUT2D eigenvalue weighted by molar-refractivity contribution is 0.669. The van der Waals surface area contributed by atoms with Crippen LogP contribution in [0.2, 0.25) is 0 Å². The van der Waals surface area contributed by atoms with E-state index in [1.165, 1.54) is 0 Å². The van der Waals surface area contributed by atoms with Crippen molar-refractivity contribution < 1.29 is 4.42 Å². The number of anilines is 1. The van der Waals surface area contributed by atoms with Gasteiger partial charge in [0.05, 0.1) is 33.4 Å². The minimum atomic E-state index is 0.736. The molecule has 0 atom stereocenters. The van der Waals surface area contributed by atoms with Gasteiger partial charge in [-0.2, -0.15) is 0 Å². The molecule has 360 valence electrons. The molecule has 6 heterocycles. The summed E-state index contributed by atoms with van der Waals surface area (Å²) in [6.07, 6.45) is 18.0. The number of hydrogen-bond acceptors (Lipinski definition) is 7. The van der Waals surface area contributed by atoms with E-state index in [0.29, 0.717) is 0 Å². The number of hydrogen-bond donors (Lipinski definition) is 1. The number of fused-ring (bicyclic) bond motifs is 7. The molecule has 0 unspecified atom stereocenters. The van der Waals surface area contributed by atoms with E-state index in [9.17, 15) is 0 Å². The molecule has 9 heteroatoms. The summed E-state index contributed by atoms with van der Waals surface area (Å²) in [5, 5.41) is 4.15. The number of aromatic nitrogens is 5. The van der Waals surface area contributed by atoms with Gasteiger partial charge in [0.25, 0.3) is 0 Å². The predicted octanol–water partition coefficient (Wildman–Crippen LogP) is 16.1. The first-order chi connectivity index (χ1) is 36.3. The van der Waals surface area contributed by atoms with Crippen LogP contribution in [0.1, 0.15) is 18.3 Å². The number of pyridine rings is 3. The molecule has 0 spiro atoms. The number of nitrogens with two attached hydrogens (primary N) is 1. The van der Waals surface area contributed by atoms with Gasteiger partial charge >= 0.3 is 0 Å². The molecule has 74 heavy (non-hydrogen) atoms. The first-order valence-corrected chi connectivity index (χ1v) is 24.4. The van der Waals surface area contributed by atoms with Crippen molar-refractivity contribution in [1.82, 2.24) is 24.1 Å². The van der Waals surface area contributed by atoms with Crippen LogP contribution in [-0.4, -0.2) is 50.6 Å². The maximum absolute atomic E-state index is 7.05. The highest BCUT2D eigenvalue weighted by atomic mass is 16.3. The summed E-state index contributed by atoms with van der Waals surface area (Å²) in [7, 11) is 3.42. The van der Waals surface area contributed by atoms with Crippen LogP contribution in [0.25, 0.3) is 117 Å². The number of nitrogen functional groups attached to an aromatic ring is 1. The van der Waals surface area contributed by atoms with Gasteiger partial charge in [0.1, 0.15) is 11.2 Å². The molecule has 0 radical (unpaired) electrons. The Kier molecular flexibility index (Phi) is 13.8. The average molecular weight is 963 g/mol. The van der Waals surface area contributed by atoms with E-state index in [2.05, 4.69) is 189 Å². The molecule has 9 nitrogen and oxygen atoms in total. The quantitative estimate of drug-likeness (QED) is 0.145. The molecule has 12 aromatic rings. The number of nitrogens with zero attached hydrogens (tertiary/aromatic N) is 7. The molecule has 6 aromatic carbocycles. The molecule has 0 bridgehead atoms. The van der Waals surface area contributed by atoms with Crippen LogP contribution < -0.4 is 5.73 Å². The molecule has 0 aliphatic rings. The van der Waals surface area contributed by atoms with Gasteiger partial charge in [0.15, 0.2) is 0 Å². The number of rotatable bonds is 9. The molecular formula is C65H54N8O. The molecule has 0 saturated heterocycles. The number of benzene rings is 6. The zero-order valence-corrected chi connectivity index (χ0v) is 41.8. The second-order valence-corrected chi connectivity index (χ2v) is 17.6. The van der Waals surface area contributed by atoms with Crippen LogP contribution in [-0.2, 0) is 0 Å². The first-order valence-electron chi connectivity index (χ1n) is 24.4. The second kappa shape index (κ2) is 21.3. The van der Waals surface area contributed by atoms with Crippen molar-refractivity contribution in [3.63, 3.8) is 0 Å². The Balaban J connectivity index is 0.000000575. The Hall–Kier alpha value is -9.73. The third-order valence-corrected chi connectivity index (χ3v) is 13.0. The smallest absolute Gasteiger partial charge is 0.135 e. The highest BCUT2D eigenvalue weighted by molar-refractivity contribution is 6.11. The highest BCUT2D eigenvalue weighted by Crippen LogP contribution is 2.41. The van der Waals surface area contributed by atoms with Crippen molar-refractivity contribution in [3.05, 3.63) is 225 Å². The molecule has 12 rings (SSSR count). The molecule has 0 aliphatic carbocycles. The number of furan rings is 1. The van der Waals surface area contributed by atoms with Crippen LogP contribution in [0.15, 0.2) is 228 Å². The second-order valence-electron chi connectivity index (χ2n) is 17.6. The number of aryl methyl sites for hydroxylation is 1. The summed E-state index contributed by atoms with van der Waals surface area (Å²) < 4.78 is 11.1. The largest absolute Gasteiger partial charge is 0.456 e. The van der Waals surface area contributed by atoms with Gasteiger partial charge in [0, 0.05) is 89.9 Å². The topological polar surface area (TPSA) is 112 Å². The van der Waals surface area contributed by atoms with E-state index in [0.717, 1.165) is 128 Å². The van der Waals surface area contributed by atoms with E-state index in [1.807, 2.05) is 62.1 Å². The SMILES string of the molecule is C/C=C\c1c(N)c2cc(-c3cccc(-c4ccncc4)c3)ccc2n1-c1ccc2oc3ccc(-n4c5ccc(-c6cccc(-c7ccncc7)c6)cc5c5nc(C)ccc54)cc3c2c1.C=CC=NC.C=CC=NC. The van der Waals surface area contributed by atoms with Crippen LogP contribution in [0.4, 0.5) is 5.69 Å². The Bertz CT molecular complexity index is 4100. The Morgan fingerprint density at radius 3 is 1.47 bits per heavy atom. The van der Waals surface area contributed by atoms with Gasteiger partial charge < -0.3 is 19.3 Å². The van der Waals surface area contributed by atoms with Crippen molar-refractivity contribution in [2.45, 2.75) is 13.8 Å². The van der Waals surface area contributed by atoms with Crippen molar-refractivity contribution in [2.75, 3.05) is 19.8 Å². The normalized spacial score (nSPS) is 11.5. The van der Waals surface area contributed by atoms with Crippen molar-refractivity contribution in [2.24, 2.45) is 9.98 Å². The van der Waals surface area contributed by atoms with Gasteiger partial charge in [-0.15, -0.1) is 0 Å². The molecule has 0 amide bonds. The van der Waals surface area contributed by atoms with Gasteiger partial charge in [-0.25, -0.2) is 0 Å². The van der Waals surface area contributed by atoms with Crippen LogP contribution in [0.3, 0.4) is 0 Å². The van der Waals surface area contributed by atoms with Crippen molar-refractivity contribution >= 4 is 79.0 Å². The zero-order chi connectivity index (χ0) is 51.1. The number of allylic oxidation sites excluding steroid dienone is 3. The first kappa shape index (κ1) is 47.9. The van der Waals surface area contributed by atoms with Crippen molar-refractivity contribution in [1.29, 1.82) is 0 Å².